The molecule has 1 saturated carbocycles. The van der Waals surface area contributed by atoms with E-state index in [2.05, 4.69) is 5.32 Å². The fraction of sp³-hybridized carbons (Fsp3) is 0.529. The van der Waals surface area contributed by atoms with Crippen molar-refractivity contribution in [2.24, 2.45) is 0 Å². The van der Waals surface area contributed by atoms with Crippen molar-refractivity contribution in [3.8, 4) is 5.75 Å². The van der Waals surface area contributed by atoms with Gasteiger partial charge in [0.2, 0.25) is 0 Å². The maximum Gasteiger partial charge on any atom is 0.322 e. The number of nitrogens with one attached hydrogen (secondary N) is 1. The van der Waals surface area contributed by atoms with Crippen molar-refractivity contribution < 1.29 is 18.7 Å². The molecule has 1 aromatic carbocycles. The van der Waals surface area contributed by atoms with Crippen molar-refractivity contribution in [2.75, 3.05) is 18.5 Å². The van der Waals surface area contributed by atoms with Crippen LogP contribution in [0.4, 0.5) is 14.9 Å². The molecular weight excluding hydrogens is 299 g/mol. The summed E-state index contributed by atoms with van der Waals surface area (Å²) in [5.74, 6) is 0.132. The average molecular weight is 320 g/mol. The second-order valence-corrected chi connectivity index (χ2v) is 6.20. The highest BCUT2D eigenvalue weighted by Gasteiger charge is 2.48. The van der Waals surface area contributed by atoms with E-state index in [-0.39, 0.29) is 17.4 Å². The number of likely N-dealkylation sites (tertiary alicyclic amines) is 1. The number of benzene rings is 1. The average Bonchev–Trinajstić information content (AvgIpc) is 2.48. The molecule has 2 fully saturated rings. The van der Waals surface area contributed by atoms with E-state index >= 15 is 0 Å². The first-order chi connectivity index (χ1) is 11.0. The molecule has 0 bridgehead atoms. The Morgan fingerprint density at radius 3 is 2.87 bits per heavy atom. The lowest BCUT2D eigenvalue weighted by Gasteiger charge is -2.52. The smallest absolute Gasteiger partial charge is 0.322 e. The van der Waals surface area contributed by atoms with Gasteiger partial charge in [-0.05, 0) is 38.3 Å². The molecule has 6 heteroatoms. The van der Waals surface area contributed by atoms with Crippen molar-refractivity contribution >= 4 is 17.5 Å². The van der Waals surface area contributed by atoms with Crippen LogP contribution >= 0.6 is 0 Å². The molecule has 1 N–H and O–H groups in total. The van der Waals surface area contributed by atoms with Gasteiger partial charge in [-0.1, -0.05) is 0 Å². The molecule has 1 saturated heterocycles. The number of hydrogen-bond acceptors (Lipinski definition) is 3. The van der Waals surface area contributed by atoms with E-state index < -0.39 is 5.82 Å². The van der Waals surface area contributed by atoms with Crippen LogP contribution in [-0.2, 0) is 4.79 Å². The third-order valence-corrected chi connectivity index (χ3v) is 4.73. The number of halogens is 1. The summed E-state index contributed by atoms with van der Waals surface area (Å²) in [5, 5.41) is 2.81. The van der Waals surface area contributed by atoms with Gasteiger partial charge in [0.1, 0.15) is 17.3 Å². The van der Waals surface area contributed by atoms with Crippen LogP contribution in [0.5, 0.6) is 5.75 Å². The Morgan fingerprint density at radius 2 is 2.22 bits per heavy atom. The molecule has 1 spiro atoms. The highest BCUT2D eigenvalue weighted by Crippen LogP contribution is 2.43. The summed E-state index contributed by atoms with van der Waals surface area (Å²) in [5.41, 5.74) is 0.134. The minimum absolute atomic E-state index is 0.227. The summed E-state index contributed by atoms with van der Waals surface area (Å²) in [6, 6.07) is 3.81. The summed E-state index contributed by atoms with van der Waals surface area (Å²) < 4.78 is 18.7. The van der Waals surface area contributed by atoms with Gasteiger partial charge in [-0.2, -0.15) is 0 Å². The Labute approximate surface area is 134 Å². The van der Waals surface area contributed by atoms with Crippen molar-refractivity contribution in [3.05, 3.63) is 24.0 Å². The molecule has 0 unspecified atom stereocenters. The summed E-state index contributed by atoms with van der Waals surface area (Å²) in [7, 11) is 0. The number of rotatable bonds is 3. The number of piperidine rings is 1. The monoisotopic (exact) mass is 320 g/mol. The van der Waals surface area contributed by atoms with Gasteiger partial charge in [0, 0.05) is 25.5 Å². The van der Waals surface area contributed by atoms with Gasteiger partial charge >= 0.3 is 6.03 Å². The van der Waals surface area contributed by atoms with E-state index in [0.717, 1.165) is 19.3 Å². The number of amides is 2. The fourth-order valence-corrected chi connectivity index (χ4v) is 3.43. The summed E-state index contributed by atoms with van der Waals surface area (Å²) in [6.07, 6.45) is 3.62. The zero-order chi connectivity index (χ0) is 16.4. The lowest BCUT2D eigenvalue weighted by molar-refractivity contribution is -0.127. The number of carbonyl (C=O) groups excluding carboxylic acids is 2. The van der Waals surface area contributed by atoms with Crippen molar-refractivity contribution in [2.45, 2.75) is 44.6 Å². The quantitative estimate of drug-likeness (QED) is 0.929. The molecule has 1 heterocycles. The summed E-state index contributed by atoms with van der Waals surface area (Å²) >= 11 is 0. The van der Waals surface area contributed by atoms with Gasteiger partial charge in [0.25, 0.3) is 0 Å². The van der Waals surface area contributed by atoms with Crippen LogP contribution in [0.1, 0.15) is 39.0 Å². The molecule has 23 heavy (non-hydrogen) atoms. The number of anilines is 1. The van der Waals surface area contributed by atoms with Gasteiger partial charge in [-0.15, -0.1) is 0 Å². The van der Waals surface area contributed by atoms with Crippen LogP contribution in [0.15, 0.2) is 18.2 Å². The number of nitrogens with zero attached hydrogens (tertiary/aromatic N) is 1. The van der Waals surface area contributed by atoms with Crippen LogP contribution < -0.4 is 10.1 Å². The Bertz CT molecular complexity index is 628. The fourth-order valence-electron chi connectivity index (χ4n) is 3.43. The molecule has 1 aliphatic carbocycles. The maximum atomic E-state index is 13.4. The van der Waals surface area contributed by atoms with Crippen LogP contribution in [0.3, 0.4) is 0 Å². The predicted molar refractivity (Wildman–Crippen MR) is 84.1 cm³/mol. The number of carbonyl (C=O) groups is 2. The first-order valence-corrected chi connectivity index (χ1v) is 8.07. The largest absolute Gasteiger partial charge is 0.492 e. The Hall–Kier alpha value is -2.11. The first-order valence-electron chi connectivity index (χ1n) is 8.07. The normalized spacial score (nSPS) is 19.4. The first kappa shape index (κ1) is 15.8. The molecule has 0 radical (unpaired) electrons. The molecule has 2 amide bonds. The Balaban J connectivity index is 1.77. The highest BCUT2D eigenvalue weighted by molar-refractivity contribution is 5.93. The second-order valence-electron chi connectivity index (χ2n) is 6.20. The van der Waals surface area contributed by atoms with E-state index in [1.54, 1.807) is 11.8 Å². The standard InChI is InChI=1S/C17H21FN2O3/c1-2-23-15-10-12(18)4-5-14(15)19-16(22)20-9-6-13(21)11-17(20)7-3-8-17/h4-5,10H,2-3,6-9,11H2,1H3,(H,19,22). The summed E-state index contributed by atoms with van der Waals surface area (Å²) in [4.78, 5) is 26.2. The van der Waals surface area contributed by atoms with Gasteiger partial charge < -0.3 is 15.0 Å². The second kappa shape index (κ2) is 6.18. The molecule has 1 aliphatic heterocycles. The number of Topliss-reactive ketones (excluding diaryl/α,β-unsaturated/α-hetero) is 1. The van der Waals surface area contributed by atoms with Gasteiger partial charge in [0.05, 0.1) is 17.8 Å². The lowest BCUT2D eigenvalue weighted by atomic mass is 9.70. The number of urea groups is 1. The number of hydrogen-bond donors (Lipinski definition) is 1. The molecular formula is C17H21FN2O3. The topological polar surface area (TPSA) is 58.6 Å². The molecule has 5 nitrogen and oxygen atoms in total. The third kappa shape index (κ3) is 3.02. The molecule has 0 atom stereocenters. The molecule has 0 aromatic heterocycles. The minimum atomic E-state index is -0.412. The molecule has 3 rings (SSSR count). The number of ether oxygens (including phenoxy) is 1. The van der Waals surface area contributed by atoms with E-state index in [1.165, 1.54) is 18.2 Å². The predicted octanol–water partition coefficient (Wildman–Crippen LogP) is 3.34. The number of ketones is 1. The van der Waals surface area contributed by atoms with Crippen LogP contribution in [0.25, 0.3) is 0 Å². The van der Waals surface area contributed by atoms with E-state index in [9.17, 15) is 14.0 Å². The molecule has 124 valence electrons. The summed E-state index contributed by atoms with van der Waals surface area (Å²) in [6.45, 7) is 2.63. The van der Waals surface area contributed by atoms with Crippen molar-refractivity contribution in [1.82, 2.24) is 4.90 Å². The Kier molecular flexibility index (Phi) is 4.24. The van der Waals surface area contributed by atoms with Crippen LogP contribution in [-0.4, -0.2) is 35.4 Å². The van der Waals surface area contributed by atoms with Gasteiger partial charge in [-0.25, -0.2) is 9.18 Å². The highest BCUT2D eigenvalue weighted by atomic mass is 19.1. The van der Waals surface area contributed by atoms with Crippen molar-refractivity contribution in [3.63, 3.8) is 0 Å². The van der Waals surface area contributed by atoms with E-state index in [1.807, 2.05) is 0 Å². The maximum absolute atomic E-state index is 13.4. The third-order valence-electron chi connectivity index (χ3n) is 4.73. The van der Waals surface area contributed by atoms with Crippen LogP contribution in [0, 0.1) is 5.82 Å². The zero-order valence-electron chi connectivity index (χ0n) is 13.2. The lowest BCUT2D eigenvalue weighted by Crippen LogP contribution is -2.61. The molecule has 1 aromatic rings. The van der Waals surface area contributed by atoms with Crippen LogP contribution in [0.2, 0.25) is 0 Å². The van der Waals surface area contributed by atoms with E-state index in [0.29, 0.717) is 37.4 Å². The van der Waals surface area contributed by atoms with Crippen molar-refractivity contribution in [1.29, 1.82) is 0 Å². The SMILES string of the molecule is CCOc1cc(F)ccc1NC(=O)N1CCC(=O)CC12CCC2. The zero-order valence-corrected chi connectivity index (χ0v) is 13.2. The molecule has 2 aliphatic rings. The van der Waals surface area contributed by atoms with Gasteiger partial charge in [-0.3, -0.25) is 4.79 Å². The van der Waals surface area contributed by atoms with E-state index in [4.69, 9.17) is 4.74 Å². The Morgan fingerprint density at radius 1 is 1.43 bits per heavy atom. The van der Waals surface area contributed by atoms with Gasteiger partial charge in [0.15, 0.2) is 0 Å². The minimum Gasteiger partial charge on any atom is -0.492 e.